The number of amides is 2. The second-order valence-corrected chi connectivity index (χ2v) is 11.0. The van der Waals surface area contributed by atoms with E-state index < -0.39 is 0 Å². The number of carbonyl (C=O) groups is 2. The number of ether oxygens (including phenoxy) is 1. The largest absolute Gasteiger partial charge is 0.494 e. The fraction of sp³-hybridized carbons (Fsp3) is 0.257. The summed E-state index contributed by atoms with van der Waals surface area (Å²) in [6, 6.07) is 23.3. The fourth-order valence-corrected chi connectivity index (χ4v) is 5.41. The minimum atomic E-state index is -0.293. The van der Waals surface area contributed by atoms with Crippen LogP contribution in [0.1, 0.15) is 62.5 Å². The maximum atomic E-state index is 13.4. The summed E-state index contributed by atoms with van der Waals surface area (Å²) in [4.78, 5) is 26.0. The third kappa shape index (κ3) is 6.77. The first-order chi connectivity index (χ1) is 20.3. The van der Waals surface area contributed by atoms with Crippen LogP contribution in [0.2, 0.25) is 5.02 Å². The molecule has 3 aromatic carbocycles. The van der Waals surface area contributed by atoms with Crippen molar-refractivity contribution in [3.8, 4) is 5.75 Å². The fourth-order valence-electron chi connectivity index (χ4n) is 5.30. The molecule has 1 aromatic heterocycles. The summed E-state index contributed by atoms with van der Waals surface area (Å²) in [5.41, 5.74) is 8.22. The quantitative estimate of drug-likeness (QED) is 0.182. The molecule has 1 aliphatic rings. The van der Waals surface area contributed by atoms with E-state index in [0.717, 1.165) is 68.1 Å². The highest BCUT2D eigenvalue weighted by Gasteiger charge is 2.25. The van der Waals surface area contributed by atoms with Gasteiger partial charge in [0.25, 0.3) is 5.91 Å². The van der Waals surface area contributed by atoms with E-state index in [9.17, 15) is 9.59 Å². The molecule has 0 saturated heterocycles. The van der Waals surface area contributed by atoms with Crippen LogP contribution in [0, 0.1) is 20.8 Å². The SMILES string of the molecule is Cc1ccccc1CNC(=O)c1ccc(CNC(=O)C2=C(CCCOc3cc(C)c(Cl)c(C)c3)c3ccccc3C2)o1. The topological polar surface area (TPSA) is 80.6 Å². The Labute approximate surface area is 251 Å². The minimum Gasteiger partial charge on any atom is -0.494 e. The predicted octanol–water partition coefficient (Wildman–Crippen LogP) is 7.27. The Balaban J connectivity index is 1.18. The van der Waals surface area contributed by atoms with Gasteiger partial charge in [0.1, 0.15) is 11.5 Å². The molecule has 42 heavy (non-hydrogen) atoms. The third-order valence-electron chi connectivity index (χ3n) is 7.61. The van der Waals surface area contributed by atoms with Crippen LogP contribution in [0.25, 0.3) is 5.57 Å². The van der Waals surface area contributed by atoms with Crippen LogP contribution in [0.5, 0.6) is 5.75 Å². The number of allylic oxidation sites excluding steroid dienone is 1. The number of carbonyl (C=O) groups excluding carboxylic acids is 2. The molecule has 7 heteroatoms. The van der Waals surface area contributed by atoms with E-state index in [1.54, 1.807) is 12.1 Å². The van der Waals surface area contributed by atoms with Crippen LogP contribution >= 0.6 is 11.6 Å². The molecule has 6 nitrogen and oxygen atoms in total. The number of hydrogen-bond donors (Lipinski definition) is 2. The van der Waals surface area contributed by atoms with Gasteiger partial charge in [-0.25, -0.2) is 0 Å². The zero-order chi connectivity index (χ0) is 29.6. The van der Waals surface area contributed by atoms with E-state index >= 15 is 0 Å². The molecule has 216 valence electrons. The highest BCUT2D eigenvalue weighted by atomic mass is 35.5. The molecule has 0 aliphatic heterocycles. The van der Waals surface area contributed by atoms with Crippen molar-refractivity contribution in [2.75, 3.05) is 6.61 Å². The minimum absolute atomic E-state index is 0.131. The van der Waals surface area contributed by atoms with Crippen molar-refractivity contribution in [1.82, 2.24) is 10.6 Å². The van der Waals surface area contributed by atoms with Gasteiger partial charge in [-0.05, 0) is 96.8 Å². The van der Waals surface area contributed by atoms with Crippen molar-refractivity contribution in [1.29, 1.82) is 0 Å². The number of halogens is 1. The van der Waals surface area contributed by atoms with Gasteiger partial charge in [0.05, 0.1) is 13.2 Å². The van der Waals surface area contributed by atoms with Gasteiger partial charge in [-0.2, -0.15) is 0 Å². The van der Waals surface area contributed by atoms with Crippen LogP contribution < -0.4 is 15.4 Å². The Morgan fingerprint density at radius 3 is 2.36 bits per heavy atom. The van der Waals surface area contributed by atoms with Crippen LogP contribution in [0.15, 0.2) is 82.8 Å². The Kier molecular flexibility index (Phi) is 9.13. The lowest BCUT2D eigenvalue weighted by Gasteiger charge is -2.12. The molecule has 0 bridgehead atoms. The third-order valence-corrected chi connectivity index (χ3v) is 8.20. The standard InChI is InChI=1S/C35H35ClN2O4/c1-22-9-4-5-11-26(22)20-37-35(40)32-15-14-27(42-32)21-38-34(39)31-19-25-10-6-7-12-29(25)30(31)13-8-16-41-28-17-23(2)33(36)24(3)18-28/h4-7,9-12,14-15,17-18H,8,13,16,19-21H2,1-3H3,(H,37,40)(H,38,39). The van der Waals surface area contributed by atoms with Gasteiger partial charge in [-0.3, -0.25) is 9.59 Å². The van der Waals surface area contributed by atoms with E-state index in [-0.39, 0.29) is 24.1 Å². The molecule has 5 rings (SSSR count). The Morgan fingerprint density at radius 1 is 0.857 bits per heavy atom. The Hall–Kier alpha value is -4.29. The molecule has 2 N–H and O–H groups in total. The molecule has 0 unspecified atom stereocenters. The van der Waals surface area contributed by atoms with Crippen molar-refractivity contribution in [2.24, 2.45) is 0 Å². The zero-order valence-corrected chi connectivity index (χ0v) is 24.9. The number of nitrogens with one attached hydrogen (secondary N) is 2. The van der Waals surface area contributed by atoms with Gasteiger partial charge in [-0.15, -0.1) is 0 Å². The van der Waals surface area contributed by atoms with Gasteiger partial charge in [0, 0.05) is 23.6 Å². The Bertz CT molecular complexity index is 1630. The van der Waals surface area contributed by atoms with E-state index in [1.807, 2.05) is 69.3 Å². The first-order valence-corrected chi connectivity index (χ1v) is 14.6. The number of benzene rings is 3. The zero-order valence-electron chi connectivity index (χ0n) is 24.2. The summed E-state index contributed by atoms with van der Waals surface area (Å²) >= 11 is 6.29. The molecule has 1 aliphatic carbocycles. The second-order valence-electron chi connectivity index (χ2n) is 10.7. The van der Waals surface area contributed by atoms with Gasteiger partial charge in [-0.1, -0.05) is 60.1 Å². The van der Waals surface area contributed by atoms with Crippen molar-refractivity contribution < 1.29 is 18.7 Å². The summed E-state index contributed by atoms with van der Waals surface area (Å²) < 4.78 is 11.8. The summed E-state index contributed by atoms with van der Waals surface area (Å²) in [5.74, 6) is 1.11. The van der Waals surface area contributed by atoms with Crippen LogP contribution in [-0.4, -0.2) is 18.4 Å². The highest BCUT2D eigenvalue weighted by Crippen LogP contribution is 2.36. The number of aryl methyl sites for hydroxylation is 3. The monoisotopic (exact) mass is 582 g/mol. The molecule has 0 fully saturated rings. The van der Waals surface area contributed by atoms with Crippen molar-refractivity contribution in [3.63, 3.8) is 0 Å². The molecule has 2 amide bonds. The molecular weight excluding hydrogens is 548 g/mol. The lowest BCUT2D eigenvalue weighted by Crippen LogP contribution is -2.25. The predicted molar refractivity (Wildman–Crippen MR) is 166 cm³/mol. The number of furan rings is 1. The van der Waals surface area contributed by atoms with Gasteiger partial charge >= 0.3 is 0 Å². The van der Waals surface area contributed by atoms with Gasteiger partial charge in [0.2, 0.25) is 5.91 Å². The first kappa shape index (κ1) is 29.2. The summed E-state index contributed by atoms with van der Waals surface area (Å²) in [7, 11) is 0. The normalized spacial score (nSPS) is 12.3. The summed E-state index contributed by atoms with van der Waals surface area (Å²) in [6.45, 7) is 7.09. The molecule has 4 aromatic rings. The van der Waals surface area contributed by atoms with Crippen molar-refractivity contribution >= 4 is 29.0 Å². The number of fused-ring (bicyclic) bond motifs is 1. The lowest BCUT2D eigenvalue weighted by atomic mass is 10.0. The van der Waals surface area contributed by atoms with Crippen LogP contribution in [-0.2, 0) is 24.3 Å². The molecule has 0 radical (unpaired) electrons. The van der Waals surface area contributed by atoms with Gasteiger partial charge in [0.15, 0.2) is 5.76 Å². The van der Waals surface area contributed by atoms with Gasteiger partial charge < -0.3 is 19.8 Å². The smallest absolute Gasteiger partial charge is 0.287 e. The molecule has 0 spiro atoms. The van der Waals surface area contributed by atoms with E-state index in [0.29, 0.717) is 25.3 Å². The van der Waals surface area contributed by atoms with E-state index in [4.69, 9.17) is 20.8 Å². The highest BCUT2D eigenvalue weighted by molar-refractivity contribution is 6.32. The Morgan fingerprint density at radius 2 is 1.57 bits per heavy atom. The molecule has 1 heterocycles. The second kappa shape index (κ2) is 13.1. The first-order valence-electron chi connectivity index (χ1n) is 14.2. The maximum absolute atomic E-state index is 13.4. The van der Waals surface area contributed by atoms with Crippen LogP contribution in [0.3, 0.4) is 0 Å². The number of rotatable bonds is 11. The van der Waals surface area contributed by atoms with Crippen molar-refractivity contribution in [3.05, 3.63) is 128 Å². The van der Waals surface area contributed by atoms with E-state index in [2.05, 4.69) is 22.8 Å². The molecular formula is C35H35ClN2O4. The average Bonchev–Trinajstić information content (AvgIpc) is 3.61. The van der Waals surface area contributed by atoms with E-state index in [1.165, 1.54) is 0 Å². The number of hydrogen-bond acceptors (Lipinski definition) is 4. The summed E-state index contributed by atoms with van der Waals surface area (Å²) in [5, 5.41) is 6.65. The average molecular weight is 583 g/mol. The molecule has 0 saturated carbocycles. The van der Waals surface area contributed by atoms with Crippen molar-refractivity contribution in [2.45, 2.75) is 53.1 Å². The lowest BCUT2D eigenvalue weighted by molar-refractivity contribution is -0.117. The maximum Gasteiger partial charge on any atom is 0.287 e. The summed E-state index contributed by atoms with van der Waals surface area (Å²) in [6.07, 6.45) is 2.07. The van der Waals surface area contributed by atoms with Crippen LogP contribution in [0.4, 0.5) is 0 Å². The molecule has 0 atom stereocenters.